The molecule has 0 aromatic carbocycles. The molecule has 1 rings (SSSR count). The van der Waals surface area contributed by atoms with Crippen LogP contribution >= 0.6 is 15.9 Å². The van der Waals surface area contributed by atoms with Gasteiger partial charge in [-0.25, -0.2) is 4.79 Å². The van der Waals surface area contributed by atoms with Gasteiger partial charge < -0.3 is 9.63 Å². The molecule has 0 bridgehead atoms. The minimum absolute atomic E-state index is 0.0168. The third kappa shape index (κ3) is 1.50. The molecule has 0 saturated heterocycles. The normalized spacial score (nSPS) is 10.7. The molecule has 4 nitrogen and oxygen atoms in total. The lowest BCUT2D eigenvalue weighted by Gasteiger charge is -2.00. The molecule has 0 aliphatic carbocycles. The zero-order valence-corrected chi connectivity index (χ0v) is 8.25. The number of rotatable bonds is 2. The first-order valence-electron chi connectivity index (χ1n) is 3.42. The van der Waals surface area contributed by atoms with Gasteiger partial charge in [-0.05, 0) is 21.8 Å². The molecule has 0 amide bonds. The van der Waals surface area contributed by atoms with Crippen molar-refractivity contribution >= 4 is 21.9 Å². The summed E-state index contributed by atoms with van der Waals surface area (Å²) in [6.45, 7) is 3.76. The summed E-state index contributed by atoms with van der Waals surface area (Å²) in [6, 6.07) is 0. The van der Waals surface area contributed by atoms with Crippen LogP contribution in [-0.2, 0) is 0 Å². The largest absolute Gasteiger partial charge is 0.476 e. The molecule has 0 radical (unpaired) electrons. The van der Waals surface area contributed by atoms with E-state index in [2.05, 4.69) is 21.1 Å². The van der Waals surface area contributed by atoms with Crippen LogP contribution in [0, 0.1) is 0 Å². The number of nitrogens with zero attached hydrogens (tertiary/aromatic N) is 1. The fourth-order valence-corrected chi connectivity index (χ4v) is 1.65. The average molecular weight is 234 g/mol. The maximum absolute atomic E-state index is 10.6. The highest BCUT2D eigenvalue weighted by Gasteiger charge is 2.21. The van der Waals surface area contributed by atoms with Gasteiger partial charge in [0.05, 0.1) is 0 Å². The zero-order chi connectivity index (χ0) is 9.30. The molecular formula is C7H8BrNO3. The Kier molecular flexibility index (Phi) is 2.52. The predicted molar refractivity (Wildman–Crippen MR) is 45.3 cm³/mol. The first-order chi connectivity index (χ1) is 5.54. The average Bonchev–Trinajstić information content (AvgIpc) is 2.30. The Morgan fingerprint density at radius 3 is 2.58 bits per heavy atom. The molecule has 0 fully saturated rings. The van der Waals surface area contributed by atoms with E-state index in [0.29, 0.717) is 10.2 Å². The Bertz CT molecular complexity index is 306. The molecule has 66 valence electrons. The minimum atomic E-state index is -1.06. The number of carbonyl (C=O) groups is 1. The van der Waals surface area contributed by atoms with Crippen molar-refractivity contribution in [3.8, 4) is 0 Å². The van der Waals surface area contributed by atoms with E-state index in [-0.39, 0.29) is 11.6 Å². The standard InChI is InChI=1S/C7H8BrNO3/c1-3(2)4-5(7(10)11)9-12-6(4)8/h3H,1-2H3,(H,10,11). The van der Waals surface area contributed by atoms with Crippen molar-refractivity contribution in [3.05, 3.63) is 15.9 Å². The topological polar surface area (TPSA) is 63.3 Å². The lowest BCUT2D eigenvalue weighted by molar-refractivity contribution is 0.0684. The van der Waals surface area contributed by atoms with Crippen LogP contribution in [-0.4, -0.2) is 16.2 Å². The van der Waals surface area contributed by atoms with E-state index < -0.39 is 5.97 Å². The Morgan fingerprint density at radius 2 is 2.25 bits per heavy atom. The van der Waals surface area contributed by atoms with Gasteiger partial charge in [0.15, 0.2) is 5.69 Å². The summed E-state index contributed by atoms with van der Waals surface area (Å²) in [6.07, 6.45) is 0. The van der Waals surface area contributed by atoms with Gasteiger partial charge in [-0.3, -0.25) is 0 Å². The van der Waals surface area contributed by atoms with E-state index in [0.717, 1.165) is 0 Å². The molecule has 1 aromatic rings. The van der Waals surface area contributed by atoms with Gasteiger partial charge in [0.2, 0.25) is 4.67 Å². The van der Waals surface area contributed by atoms with Crippen molar-refractivity contribution in [1.29, 1.82) is 0 Å². The number of aromatic carboxylic acids is 1. The molecule has 5 heteroatoms. The lowest BCUT2D eigenvalue weighted by Crippen LogP contribution is -2.02. The summed E-state index contributed by atoms with van der Waals surface area (Å²) >= 11 is 3.09. The molecule has 0 aliphatic heterocycles. The summed E-state index contributed by atoms with van der Waals surface area (Å²) in [5, 5.41) is 12.1. The summed E-state index contributed by atoms with van der Waals surface area (Å²) in [7, 11) is 0. The van der Waals surface area contributed by atoms with E-state index in [1.165, 1.54) is 0 Å². The van der Waals surface area contributed by atoms with Gasteiger partial charge in [-0.2, -0.15) is 0 Å². The van der Waals surface area contributed by atoms with Crippen molar-refractivity contribution in [2.45, 2.75) is 19.8 Å². The molecule has 12 heavy (non-hydrogen) atoms. The van der Waals surface area contributed by atoms with Crippen LogP contribution in [0.5, 0.6) is 0 Å². The van der Waals surface area contributed by atoms with Crippen LogP contribution in [0.1, 0.15) is 35.8 Å². The number of hydrogen-bond acceptors (Lipinski definition) is 3. The van der Waals surface area contributed by atoms with Crippen LogP contribution in [0.15, 0.2) is 9.19 Å². The summed E-state index contributed by atoms with van der Waals surface area (Å²) in [4.78, 5) is 10.6. The third-order valence-electron chi connectivity index (χ3n) is 1.46. The zero-order valence-electron chi connectivity index (χ0n) is 6.67. The quantitative estimate of drug-likeness (QED) is 0.852. The Hall–Kier alpha value is -0.840. The maximum Gasteiger partial charge on any atom is 0.358 e. The van der Waals surface area contributed by atoms with Crippen LogP contribution in [0.2, 0.25) is 0 Å². The monoisotopic (exact) mass is 233 g/mol. The fraction of sp³-hybridized carbons (Fsp3) is 0.429. The molecule has 0 unspecified atom stereocenters. The van der Waals surface area contributed by atoms with Crippen molar-refractivity contribution in [3.63, 3.8) is 0 Å². The first-order valence-corrected chi connectivity index (χ1v) is 4.21. The molecule has 0 aliphatic rings. The second kappa shape index (κ2) is 3.26. The van der Waals surface area contributed by atoms with Crippen LogP contribution in [0.4, 0.5) is 0 Å². The van der Waals surface area contributed by atoms with E-state index in [4.69, 9.17) is 9.63 Å². The highest BCUT2D eigenvalue weighted by atomic mass is 79.9. The first kappa shape index (κ1) is 9.25. The summed E-state index contributed by atoms with van der Waals surface area (Å²) in [5.74, 6) is -0.982. The summed E-state index contributed by atoms with van der Waals surface area (Å²) in [5.41, 5.74) is 0.583. The molecule has 1 N–H and O–H groups in total. The molecule has 0 saturated carbocycles. The molecule has 1 aromatic heterocycles. The van der Waals surface area contributed by atoms with Crippen LogP contribution < -0.4 is 0 Å². The third-order valence-corrected chi connectivity index (χ3v) is 2.04. The van der Waals surface area contributed by atoms with E-state index >= 15 is 0 Å². The van der Waals surface area contributed by atoms with Gasteiger partial charge in [0, 0.05) is 5.56 Å². The van der Waals surface area contributed by atoms with Crippen LogP contribution in [0.3, 0.4) is 0 Å². The van der Waals surface area contributed by atoms with E-state index in [1.54, 1.807) is 0 Å². The minimum Gasteiger partial charge on any atom is -0.476 e. The van der Waals surface area contributed by atoms with E-state index in [9.17, 15) is 4.79 Å². The number of halogens is 1. The molecule has 1 heterocycles. The second-order valence-electron chi connectivity index (χ2n) is 2.68. The van der Waals surface area contributed by atoms with Gasteiger partial charge >= 0.3 is 5.97 Å². The van der Waals surface area contributed by atoms with E-state index in [1.807, 2.05) is 13.8 Å². The number of carboxylic acid groups (broad SMARTS) is 1. The van der Waals surface area contributed by atoms with Crippen molar-refractivity contribution in [2.24, 2.45) is 0 Å². The number of aromatic nitrogens is 1. The van der Waals surface area contributed by atoms with Gasteiger partial charge in [-0.1, -0.05) is 19.0 Å². The fourth-order valence-electron chi connectivity index (χ4n) is 0.932. The maximum atomic E-state index is 10.6. The molecule has 0 atom stereocenters. The predicted octanol–water partition coefficient (Wildman–Crippen LogP) is 2.26. The number of hydrogen-bond donors (Lipinski definition) is 1. The van der Waals surface area contributed by atoms with Crippen LogP contribution in [0.25, 0.3) is 0 Å². The Morgan fingerprint density at radius 1 is 1.67 bits per heavy atom. The smallest absolute Gasteiger partial charge is 0.358 e. The lowest BCUT2D eigenvalue weighted by atomic mass is 10.0. The highest BCUT2D eigenvalue weighted by Crippen LogP contribution is 2.27. The second-order valence-corrected chi connectivity index (χ2v) is 3.40. The SMILES string of the molecule is CC(C)c1c(C(=O)O)noc1Br. The van der Waals surface area contributed by atoms with Gasteiger partial charge in [0.1, 0.15) is 0 Å². The van der Waals surface area contributed by atoms with Crippen molar-refractivity contribution in [2.75, 3.05) is 0 Å². The van der Waals surface area contributed by atoms with Gasteiger partial charge in [-0.15, -0.1) is 0 Å². The van der Waals surface area contributed by atoms with Crippen molar-refractivity contribution < 1.29 is 14.4 Å². The Labute approximate surface area is 77.7 Å². The molecular weight excluding hydrogens is 226 g/mol. The molecule has 0 spiro atoms. The number of carboxylic acids is 1. The van der Waals surface area contributed by atoms with Gasteiger partial charge in [0.25, 0.3) is 0 Å². The summed E-state index contributed by atoms with van der Waals surface area (Å²) < 4.78 is 5.10. The Balaban J connectivity index is 3.21. The highest BCUT2D eigenvalue weighted by molar-refractivity contribution is 9.10. The van der Waals surface area contributed by atoms with Crippen molar-refractivity contribution in [1.82, 2.24) is 5.16 Å².